The van der Waals surface area contributed by atoms with Gasteiger partial charge in [-0.05, 0) is 36.8 Å². The van der Waals surface area contributed by atoms with Gasteiger partial charge in [0.1, 0.15) is 5.82 Å². The fourth-order valence-electron chi connectivity index (χ4n) is 3.50. The van der Waals surface area contributed by atoms with E-state index in [1.807, 2.05) is 29.3 Å². The molecule has 1 saturated heterocycles. The molecule has 1 N–H and O–H groups in total. The van der Waals surface area contributed by atoms with Gasteiger partial charge in [0.25, 0.3) is 0 Å². The van der Waals surface area contributed by atoms with E-state index in [4.69, 9.17) is 16.6 Å². The molecule has 2 aromatic heterocycles. The van der Waals surface area contributed by atoms with Crippen LogP contribution in [0, 0.1) is 0 Å². The van der Waals surface area contributed by atoms with E-state index < -0.39 is 0 Å². The minimum absolute atomic E-state index is 0.0269. The summed E-state index contributed by atoms with van der Waals surface area (Å²) in [7, 11) is 0. The number of carbonyl (C=O) groups is 1. The molecular weight excluding hydrogens is 408 g/mol. The van der Waals surface area contributed by atoms with Gasteiger partial charge in [0, 0.05) is 24.7 Å². The number of nitrogens with one attached hydrogen (secondary N) is 1. The molecule has 1 aliphatic rings. The van der Waals surface area contributed by atoms with E-state index in [2.05, 4.69) is 20.3 Å². The Kier molecular flexibility index (Phi) is 6.20. The molecule has 1 fully saturated rings. The van der Waals surface area contributed by atoms with Crippen LogP contribution < -0.4 is 10.2 Å². The Morgan fingerprint density at radius 1 is 1.21 bits per heavy atom. The highest BCUT2D eigenvalue weighted by atomic mass is 35.5. The van der Waals surface area contributed by atoms with Crippen molar-refractivity contribution in [1.82, 2.24) is 25.1 Å². The first kappa shape index (κ1) is 20.0. The van der Waals surface area contributed by atoms with E-state index in [-0.39, 0.29) is 5.91 Å². The molecule has 9 heteroatoms. The number of fused-ring (bicyclic) bond motifs is 1. The summed E-state index contributed by atoms with van der Waals surface area (Å²) in [5.74, 6) is 0.941. The highest BCUT2D eigenvalue weighted by Gasteiger charge is 2.20. The van der Waals surface area contributed by atoms with Gasteiger partial charge in [-0.1, -0.05) is 35.5 Å². The Labute approximate surface area is 178 Å². The number of carbonyl (C=O) groups excluding carboxylic acids is 1. The van der Waals surface area contributed by atoms with Gasteiger partial charge < -0.3 is 10.2 Å². The minimum atomic E-state index is -0.0269. The van der Waals surface area contributed by atoms with Crippen LogP contribution in [0.1, 0.15) is 18.4 Å². The number of halogens is 1. The zero-order valence-corrected chi connectivity index (χ0v) is 17.8. The summed E-state index contributed by atoms with van der Waals surface area (Å²) in [4.78, 5) is 23.9. The lowest BCUT2D eigenvalue weighted by molar-refractivity contribution is -0.120. The second kappa shape index (κ2) is 9.00. The highest BCUT2D eigenvalue weighted by molar-refractivity contribution is 7.98. The molecule has 0 radical (unpaired) electrons. The normalized spacial score (nSPS) is 13.9. The molecule has 1 aromatic carbocycles. The standard InChI is InChI=1S/C20H23ClN6OS/c1-29-20-24-18(26-9-2-3-10-26)16-13-23-27(19(16)25-20)11-8-22-17(28)12-14-4-6-15(21)7-5-14/h4-7,13H,2-3,8-12H2,1H3,(H,22,28). The third-order valence-electron chi connectivity index (χ3n) is 4.97. The Hall–Kier alpha value is -2.32. The molecule has 152 valence electrons. The van der Waals surface area contributed by atoms with Gasteiger partial charge in [0.2, 0.25) is 5.91 Å². The molecule has 0 bridgehead atoms. The van der Waals surface area contributed by atoms with Crippen LogP contribution in [-0.2, 0) is 17.8 Å². The van der Waals surface area contributed by atoms with Crippen molar-refractivity contribution in [3.05, 3.63) is 41.0 Å². The number of rotatable bonds is 7. The third kappa shape index (κ3) is 4.64. The number of nitrogens with zero attached hydrogens (tertiary/aromatic N) is 5. The van der Waals surface area contributed by atoms with Crippen LogP contribution in [0.4, 0.5) is 5.82 Å². The van der Waals surface area contributed by atoms with Gasteiger partial charge in [-0.3, -0.25) is 4.79 Å². The van der Waals surface area contributed by atoms with Crippen LogP contribution in [0.5, 0.6) is 0 Å². The molecule has 29 heavy (non-hydrogen) atoms. The van der Waals surface area contributed by atoms with E-state index in [1.165, 1.54) is 24.6 Å². The zero-order chi connectivity index (χ0) is 20.2. The number of thioether (sulfide) groups is 1. The lowest BCUT2D eigenvalue weighted by Crippen LogP contribution is -2.29. The topological polar surface area (TPSA) is 75.9 Å². The molecule has 4 rings (SSSR count). The van der Waals surface area contributed by atoms with Crippen molar-refractivity contribution in [3.8, 4) is 0 Å². The van der Waals surface area contributed by atoms with Crippen molar-refractivity contribution < 1.29 is 4.79 Å². The summed E-state index contributed by atoms with van der Waals surface area (Å²) in [6.45, 7) is 3.08. The third-order valence-corrected chi connectivity index (χ3v) is 5.77. The van der Waals surface area contributed by atoms with Crippen LogP contribution >= 0.6 is 23.4 Å². The van der Waals surface area contributed by atoms with Gasteiger partial charge in [0.05, 0.1) is 24.5 Å². The van der Waals surface area contributed by atoms with E-state index in [9.17, 15) is 4.79 Å². The molecular formula is C20H23ClN6OS. The summed E-state index contributed by atoms with van der Waals surface area (Å²) in [5.41, 5.74) is 1.75. The zero-order valence-electron chi connectivity index (χ0n) is 16.3. The molecule has 0 atom stereocenters. The monoisotopic (exact) mass is 430 g/mol. The first-order chi connectivity index (χ1) is 14.1. The van der Waals surface area contributed by atoms with E-state index >= 15 is 0 Å². The largest absolute Gasteiger partial charge is 0.356 e. The van der Waals surface area contributed by atoms with E-state index in [0.717, 1.165) is 40.7 Å². The molecule has 1 amide bonds. The Bertz CT molecular complexity index is 1000. The first-order valence-corrected chi connectivity index (χ1v) is 11.3. The SMILES string of the molecule is CSc1nc(N2CCCC2)c2cnn(CCNC(=O)Cc3ccc(Cl)cc3)c2n1. The van der Waals surface area contributed by atoms with Crippen LogP contribution in [0.3, 0.4) is 0 Å². The average molecular weight is 431 g/mol. The maximum absolute atomic E-state index is 12.2. The van der Waals surface area contributed by atoms with Crippen LogP contribution in [0.15, 0.2) is 35.6 Å². The van der Waals surface area contributed by atoms with Crippen molar-refractivity contribution >= 4 is 46.1 Å². The molecule has 3 heterocycles. The number of amides is 1. The smallest absolute Gasteiger partial charge is 0.224 e. The summed E-state index contributed by atoms with van der Waals surface area (Å²) in [6, 6.07) is 7.31. The van der Waals surface area contributed by atoms with Gasteiger partial charge in [-0.2, -0.15) is 5.10 Å². The van der Waals surface area contributed by atoms with Crippen molar-refractivity contribution in [1.29, 1.82) is 0 Å². The van der Waals surface area contributed by atoms with Crippen molar-refractivity contribution in [3.63, 3.8) is 0 Å². The second-order valence-electron chi connectivity index (χ2n) is 6.99. The van der Waals surface area contributed by atoms with Crippen LogP contribution in [0.2, 0.25) is 5.02 Å². The Morgan fingerprint density at radius 3 is 2.69 bits per heavy atom. The maximum atomic E-state index is 12.2. The molecule has 0 aliphatic carbocycles. The number of benzene rings is 1. The average Bonchev–Trinajstić information content (AvgIpc) is 3.39. The molecule has 0 spiro atoms. The molecule has 7 nitrogen and oxygen atoms in total. The number of aromatic nitrogens is 4. The Balaban J connectivity index is 1.43. The molecule has 1 aliphatic heterocycles. The lowest BCUT2D eigenvalue weighted by atomic mass is 10.1. The van der Waals surface area contributed by atoms with Gasteiger partial charge in [-0.25, -0.2) is 14.6 Å². The number of hydrogen-bond donors (Lipinski definition) is 1. The summed E-state index contributed by atoms with van der Waals surface area (Å²) < 4.78 is 1.85. The van der Waals surface area contributed by atoms with Gasteiger partial charge in [0.15, 0.2) is 10.8 Å². The molecule has 0 saturated carbocycles. The van der Waals surface area contributed by atoms with Crippen molar-refractivity contribution in [2.45, 2.75) is 31.0 Å². The second-order valence-corrected chi connectivity index (χ2v) is 8.20. The predicted molar refractivity (Wildman–Crippen MR) is 117 cm³/mol. The fraction of sp³-hybridized carbons (Fsp3) is 0.400. The summed E-state index contributed by atoms with van der Waals surface area (Å²) in [5, 5.41) is 9.84. The quantitative estimate of drug-likeness (QED) is 0.458. The first-order valence-electron chi connectivity index (χ1n) is 9.67. The Morgan fingerprint density at radius 2 is 1.97 bits per heavy atom. The fourth-order valence-corrected chi connectivity index (χ4v) is 3.98. The van der Waals surface area contributed by atoms with Crippen LogP contribution in [0.25, 0.3) is 11.0 Å². The predicted octanol–water partition coefficient (Wildman–Crippen LogP) is 3.16. The minimum Gasteiger partial charge on any atom is -0.356 e. The lowest BCUT2D eigenvalue weighted by Gasteiger charge is -2.17. The molecule has 3 aromatic rings. The van der Waals surface area contributed by atoms with E-state index in [0.29, 0.717) is 24.5 Å². The van der Waals surface area contributed by atoms with Gasteiger partial charge in [-0.15, -0.1) is 0 Å². The van der Waals surface area contributed by atoms with Crippen LogP contribution in [-0.4, -0.2) is 51.5 Å². The summed E-state index contributed by atoms with van der Waals surface area (Å²) in [6.07, 6.45) is 6.52. The van der Waals surface area contributed by atoms with Gasteiger partial charge >= 0.3 is 0 Å². The van der Waals surface area contributed by atoms with Crippen molar-refractivity contribution in [2.75, 3.05) is 30.8 Å². The number of anilines is 1. The molecule has 0 unspecified atom stereocenters. The number of hydrogen-bond acceptors (Lipinski definition) is 6. The highest BCUT2D eigenvalue weighted by Crippen LogP contribution is 2.28. The maximum Gasteiger partial charge on any atom is 0.224 e. The summed E-state index contributed by atoms with van der Waals surface area (Å²) >= 11 is 7.42. The van der Waals surface area contributed by atoms with Crippen molar-refractivity contribution in [2.24, 2.45) is 0 Å². The van der Waals surface area contributed by atoms with E-state index in [1.54, 1.807) is 12.1 Å².